The normalized spacial score (nSPS) is 20.5. The second-order valence-electron chi connectivity index (χ2n) is 5.81. The number of cyclic esters (lactones) is 1. The molecule has 7 nitrogen and oxygen atoms in total. The first-order valence-corrected chi connectivity index (χ1v) is 8.25. The molecule has 0 saturated carbocycles. The lowest BCUT2D eigenvalue weighted by atomic mass is 10.1. The summed E-state index contributed by atoms with van der Waals surface area (Å²) in [7, 11) is 0. The molecule has 1 rings (SSSR count). The Morgan fingerprint density at radius 2 is 1.83 bits per heavy atom. The molecule has 0 aromatic carbocycles. The van der Waals surface area contributed by atoms with Crippen molar-refractivity contribution in [2.75, 3.05) is 13.2 Å². The molecule has 23 heavy (non-hydrogen) atoms. The largest absolute Gasteiger partial charge is 0.499 e. The zero-order valence-corrected chi connectivity index (χ0v) is 13.6. The van der Waals surface area contributed by atoms with Crippen LogP contribution in [0.15, 0.2) is 11.5 Å². The molecule has 1 unspecified atom stereocenters. The van der Waals surface area contributed by atoms with Crippen LogP contribution < -0.4 is 0 Å². The van der Waals surface area contributed by atoms with Crippen molar-refractivity contribution in [3.63, 3.8) is 0 Å². The smallest absolute Gasteiger partial charge is 0.378 e. The number of rotatable bonds is 12. The Morgan fingerprint density at radius 1 is 1.17 bits per heavy atom. The third-order valence-corrected chi connectivity index (χ3v) is 3.78. The highest BCUT2D eigenvalue weighted by atomic mass is 16.6. The second-order valence-corrected chi connectivity index (χ2v) is 5.81. The average Bonchev–Trinajstić information content (AvgIpc) is 2.83. The lowest BCUT2D eigenvalue weighted by Gasteiger charge is -2.19. The number of ether oxygens (including phenoxy) is 2. The van der Waals surface area contributed by atoms with Gasteiger partial charge in [-0.3, -0.25) is 0 Å². The van der Waals surface area contributed by atoms with Gasteiger partial charge in [0.2, 0.25) is 5.76 Å². The summed E-state index contributed by atoms with van der Waals surface area (Å²) in [5.74, 6) is -1.98. The SMILES string of the molecule is CCCCCCCCC(O)COC1=C(O)C(=O)O[C@@H]1[C@@H](O)CO. The monoisotopic (exact) mass is 332 g/mol. The van der Waals surface area contributed by atoms with E-state index >= 15 is 0 Å². The molecule has 4 N–H and O–H groups in total. The van der Waals surface area contributed by atoms with Crippen LogP contribution in [0.4, 0.5) is 0 Å². The van der Waals surface area contributed by atoms with Crippen LogP contribution in [-0.4, -0.2) is 57.9 Å². The van der Waals surface area contributed by atoms with Gasteiger partial charge < -0.3 is 29.9 Å². The highest BCUT2D eigenvalue weighted by Crippen LogP contribution is 2.25. The van der Waals surface area contributed by atoms with Gasteiger partial charge in [0.15, 0.2) is 11.9 Å². The van der Waals surface area contributed by atoms with Gasteiger partial charge in [-0.2, -0.15) is 0 Å². The molecular formula is C16H28O7. The first-order valence-electron chi connectivity index (χ1n) is 8.25. The van der Waals surface area contributed by atoms with Crippen LogP contribution in [0.1, 0.15) is 51.9 Å². The van der Waals surface area contributed by atoms with Crippen LogP contribution in [0, 0.1) is 0 Å². The summed E-state index contributed by atoms with van der Waals surface area (Å²) in [6, 6.07) is 0. The maximum absolute atomic E-state index is 11.3. The van der Waals surface area contributed by atoms with Gasteiger partial charge in [-0.15, -0.1) is 0 Å². The molecule has 0 saturated heterocycles. The minimum atomic E-state index is -1.38. The Hall–Kier alpha value is -1.31. The van der Waals surface area contributed by atoms with Gasteiger partial charge in [0.05, 0.1) is 12.7 Å². The fourth-order valence-corrected chi connectivity index (χ4v) is 2.39. The average molecular weight is 332 g/mol. The maximum Gasteiger partial charge on any atom is 0.378 e. The first kappa shape index (κ1) is 19.7. The van der Waals surface area contributed by atoms with Crippen LogP contribution in [0.3, 0.4) is 0 Å². The number of carbonyl (C=O) groups excluding carboxylic acids is 1. The van der Waals surface area contributed by atoms with Gasteiger partial charge in [0.1, 0.15) is 12.7 Å². The predicted octanol–water partition coefficient (Wildman–Crippen LogP) is 1.16. The van der Waals surface area contributed by atoms with Crippen molar-refractivity contribution in [3.05, 3.63) is 11.5 Å². The fraction of sp³-hybridized carbons (Fsp3) is 0.812. The van der Waals surface area contributed by atoms with Crippen molar-refractivity contribution >= 4 is 5.97 Å². The van der Waals surface area contributed by atoms with Crippen molar-refractivity contribution in [1.29, 1.82) is 0 Å². The highest BCUT2D eigenvalue weighted by molar-refractivity contribution is 5.89. The summed E-state index contributed by atoms with van der Waals surface area (Å²) in [4.78, 5) is 11.3. The van der Waals surface area contributed by atoms with Gasteiger partial charge in [0, 0.05) is 0 Å². The molecule has 0 spiro atoms. The number of unbranched alkanes of at least 4 members (excludes halogenated alkanes) is 5. The highest BCUT2D eigenvalue weighted by Gasteiger charge is 2.40. The second kappa shape index (κ2) is 10.5. The number of hydrogen-bond donors (Lipinski definition) is 4. The third-order valence-electron chi connectivity index (χ3n) is 3.78. The summed E-state index contributed by atoms with van der Waals surface area (Å²) in [6.45, 7) is 1.40. The Balaban J connectivity index is 2.33. The number of aliphatic hydroxyl groups is 4. The van der Waals surface area contributed by atoms with Crippen molar-refractivity contribution in [2.24, 2.45) is 0 Å². The lowest BCUT2D eigenvalue weighted by molar-refractivity contribution is -0.148. The van der Waals surface area contributed by atoms with Gasteiger partial charge in [-0.05, 0) is 6.42 Å². The number of hydrogen-bond acceptors (Lipinski definition) is 7. The number of aliphatic hydroxyl groups excluding tert-OH is 4. The van der Waals surface area contributed by atoms with E-state index in [1.165, 1.54) is 19.3 Å². The van der Waals surface area contributed by atoms with Gasteiger partial charge in [0.25, 0.3) is 0 Å². The molecule has 1 aliphatic heterocycles. The Labute approximate surface area is 136 Å². The minimum Gasteiger partial charge on any atom is -0.499 e. The summed E-state index contributed by atoms with van der Waals surface area (Å²) >= 11 is 0. The zero-order valence-electron chi connectivity index (χ0n) is 13.6. The molecule has 1 aliphatic rings. The molecule has 0 aromatic rings. The van der Waals surface area contributed by atoms with E-state index in [-0.39, 0.29) is 12.4 Å². The van der Waals surface area contributed by atoms with E-state index in [0.717, 1.165) is 19.3 Å². The van der Waals surface area contributed by atoms with E-state index in [2.05, 4.69) is 6.92 Å². The van der Waals surface area contributed by atoms with E-state index in [1.807, 2.05) is 0 Å². The predicted molar refractivity (Wildman–Crippen MR) is 82.6 cm³/mol. The number of carbonyl (C=O) groups is 1. The molecule has 0 aliphatic carbocycles. The molecule has 134 valence electrons. The van der Waals surface area contributed by atoms with Crippen LogP contribution in [0.5, 0.6) is 0 Å². The standard InChI is InChI=1S/C16H28O7/c1-2-3-4-5-6-7-8-11(18)10-22-15-13(20)16(21)23-14(15)12(19)9-17/h11-12,14,17-20H,2-10H2,1H3/t11?,12-,14+/m0/s1. The summed E-state index contributed by atoms with van der Waals surface area (Å²) in [5, 5.41) is 37.9. The summed E-state index contributed by atoms with van der Waals surface area (Å²) < 4.78 is 9.97. The van der Waals surface area contributed by atoms with E-state index in [9.17, 15) is 20.1 Å². The maximum atomic E-state index is 11.3. The van der Waals surface area contributed by atoms with Crippen LogP contribution in [0.25, 0.3) is 0 Å². The van der Waals surface area contributed by atoms with Crippen molar-refractivity contribution in [2.45, 2.75) is 70.2 Å². The van der Waals surface area contributed by atoms with Gasteiger partial charge in [-0.1, -0.05) is 45.4 Å². The molecule has 0 bridgehead atoms. The minimum absolute atomic E-state index is 0.111. The Bertz CT molecular complexity index is 394. The van der Waals surface area contributed by atoms with Gasteiger partial charge >= 0.3 is 5.97 Å². The van der Waals surface area contributed by atoms with Crippen LogP contribution >= 0.6 is 0 Å². The third kappa shape index (κ3) is 6.37. The molecule has 0 amide bonds. The molecule has 0 radical (unpaired) electrons. The van der Waals surface area contributed by atoms with E-state index in [1.54, 1.807) is 0 Å². The van der Waals surface area contributed by atoms with Crippen LogP contribution in [-0.2, 0) is 14.3 Å². The number of esters is 1. The van der Waals surface area contributed by atoms with E-state index in [0.29, 0.717) is 6.42 Å². The van der Waals surface area contributed by atoms with E-state index < -0.39 is 36.6 Å². The molecule has 0 fully saturated rings. The summed E-state index contributed by atoms with van der Waals surface area (Å²) in [6.07, 6.45) is 3.87. The Morgan fingerprint density at radius 3 is 2.48 bits per heavy atom. The quantitative estimate of drug-likeness (QED) is 0.313. The molecule has 3 atom stereocenters. The first-order chi connectivity index (χ1) is 11.0. The molecule has 7 heteroatoms. The lowest BCUT2D eigenvalue weighted by Crippen LogP contribution is -2.33. The Kier molecular flexibility index (Phi) is 8.98. The van der Waals surface area contributed by atoms with Crippen molar-refractivity contribution in [3.8, 4) is 0 Å². The topological polar surface area (TPSA) is 116 Å². The van der Waals surface area contributed by atoms with Crippen LogP contribution in [0.2, 0.25) is 0 Å². The fourth-order valence-electron chi connectivity index (χ4n) is 2.39. The molecular weight excluding hydrogens is 304 g/mol. The van der Waals surface area contributed by atoms with Gasteiger partial charge in [-0.25, -0.2) is 4.79 Å². The van der Waals surface area contributed by atoms with Crippen molar-refractivity contribution < 1.29 is 34.7 Å². The van der Waals surface area contributed by atoms with Crippen molar-refractivity contribution in [1.82, 2.24) is 0 Å². The zero-order chi connectivity index (χ0) is 17.2. The molecule has 0 aromatic heterocycles. The summed E-state index contributed by atoms with van der Waals surface area (Å²) in [5.41, 5.74) is 0. The molecule has 1 heterocycles. The van der Waals surface area contributed by atoms with E-state index in [4.69, 9.17) is 14.6 Å².